The van der Waals surface area contributed by atoms with Gasteiger partial charge in [0.05, 0.1) is 13.3 Å². The maximum absolute atomic E-state index is 12.4. The largest absolute Gasteiger partial charge is 0.495 e. The first-order valence-corrected chi connectivity index (χ1v) is 7.65. The summed E-state index contributed by atoms with van der Waals surface area (Å²) in [6, 6.07) is 9.21. The number of aromatic nitrogens is 1. The van der Waals surface area contributed by atoms with Gasteiger partial charge in [0.25, 0.3) is 5.91 Å². The number of benzene rings is 1. The third-order valence-corrected chi connectivity index (χ3v) is 3.61. The summed E-state index contributed by atoms with van der Waals surface area (Å²) in [4.78, 5) is 27.9. The van der Waals surface area contributed by atoms with Gasteiger partial charge in [0.1, 0.15) is 11.4 Å². The number of aryl methyl sites for hydroxylation is 2. The van der Waals surface area contributed by atoms with Gasteiger partial charge >= 0.3 is 0 Å². The van der Waals surface area contributed by atoms with E-state index in [0.29, 0.717) is 30.0 Å². The maximum Gasteiger partial charge on any atom is 0.274 e. The van der Waals surface area contributed by atoms with Crippen LogP contribution in [0.3, 0.4) is 0 Å². The molecule has 2 rings (SSSR count). The number of nitrogens with one attached hydrogen (secondary N) is 2. The highest BCUT2D eigenvalue weighted by atomic mass is 16.5. The zero-order chi connectivity index (χ0) is 17.5. The van der Waals surface area contributed by atoms with Crippen LogP contribution in [-0.4, -0.2) is 31.0 Å². The summed E-state index contributed by atoms with van der Waals surface area (Å²) in [7, 11) is 3.17. The fraction of sp³-hybridized carbons (Fsp3) is 0.278. The van der Waals surface area contributed by atoms with Gasteiger partial charge in [0.15, 0.2) is 0 Å². The van der Waals surface area contributed by atoms with Crippen molar-refractivity contribution in [3.8, 4) is 5.75 Å². The van der Waals surface area contributed by atoms with E-state index in [2.05, 4.69) is 15.6 Å². The molecule has 1 heterocycles. The van der Waals surface area contributed by atoms with Crippen LogP contribution < -0.4 is 15.4 Å². The van der Waals surface area contributed by atoms with E-state index in [1.165, 1.54) is 6.20 Å². The Morgan fingerprint density at radius 1 is 1.25 bits per heavy atom. The quantitative estimate of drug-likeness (QED) is 0.853. The van der Waals surface area contributed by atoms with Crippen LogP contribution >= 0.6 is 0 Å². The molecule has 0 spiro atoms. The van der Waals surface area contributed by atoms with Crippen LogP contribution in [0.15, 0.2) is 36.5 Å². The molecule has 0 radical (unpaired) electrons. The molecule has 0 saturated carbocycles. The van der Waals surface area contributed by atoms with Gasteiger partial charge < -0.3 is 15.4 Å². The van der Waals surface area contributed by atoms with E-state index in [1.54, 1.807) is 26.3 Å². The average molecular weight is 327 g/mol. The van der Waals surface area contributed by atoms with Crippen LogP contribution in [0.4, 0.5) is 5.69 Å². The fourth-order valence-electron chi connectivity index (χ4n) is 2.28. The molecule has 0 atom stereocenters. The summed E-state index contributed by atoms with van der Waals surface area (Å²) in [6.45, 7) is 1.81. The zero-order valence-corrected chi connectivity index (χ0v) is 14.1. The van der Waals surface area contributed by atoms with Gasteiger partial charge in [0, 0.05) is 19.2 Å². The predicted molar refractivity (Wildman–Crippen MR) is 92.3 cm³/mol. The zero-order valence-electron chi connectivity index (χ0n) is 14.1. The van der Waals surface area contributed by atoms with E-state index in [-0.39, 0.29) is 11.8 Å². The average Bonchev–Trinajstić information content (AvgIpc) is 2.59. The first kappa shape index (κ1) is 17.5. The first-order chi connectivity index (χ1) is 11.5. The Balaban J connectivity index is 2.07. The summed E-state index contributed by atoms with van der Waals surface area (Å²) < 4.78 is 5.09. The minimum Gasteiger partial charge on any atom is -0.495 e. The number of rotatable bonds is 6. The van der Waals surface area contributed by atoms with Crippen LogP contribution in [0.25, 0.3) is 0 Å². The smallest absolute Gasteiger partial charge is 0.274 e. The van der Waals surface area contributed by atoms with Crippen LogP contribution in [0.5, 0.6) is 5.75 Å². The molecule has 6 nitrogen and oxygen atoms in total. The number of amides is 2. The van der Waals surface area contributed by atoms with Crippen LogP contribution in [0.1, 0.15) is 28.0 Å². The molecule has 0 aliphatic heterocycles. The Morgan fingerprint density at radius 3 is 2.71 bits per heavy atom. The van der Waals surface area contributed by atoms with Gasteiger partial charge in [-0.25, -0.2) is 4.98 Å². The van der Waals surface area contributed by atoms with E-state index >= 15 is 0 Å². The maximum atomic E-state index is 12.4. The Labute approximate surface area is 141 Å². The molecule has 2 aromatic rings. The summed E-state index contributed by atoms with van der Waals surface area (Å²) in [5.74, 6) is 0.321. The fourth-order valence-corrected chi connectivity index (χ4v) is 2.28. The molecule has 0 aliphatic rings. The highest BCUT2D eigenvalue weighted by Gasteiger charge is 2.12. The number of ether oxygens (including phenoxy) is 1. The molecular formula is C18H21N3O3. The van der Waals surface area contributed by atoms with E-state index in [1.807, 2.05) is 25.1 Å². The Hall–Kier alpha value is -2.89. The van der Waals surface area contributed by atoms with Crippen molar-refractivity contribution in [1.82, 2.24) is 10.3 Å². The number of nitrogens with zero attached hydrogens (tertiary/aromatic N) is 1. The van der Waals surface area contributed by atoms with Crippen molar-refractivity contribution in [1.29, 1.82) is 0 Å². The lowest BCUT2D eigenvalue weighted by molar-refractivity contribution is -0.120. The Morgan fingerprint density at radius 2 is 2.04 bits per heavy atom. The molecule has 126 valence electrons. The second-order valence-corrected chi connectivity index (χ2v) is 5.37. The molecular weight excluding hydrogens is 306 g/mol. The second kappa shape index (κ2) is 8.10. The SMILES string of the molecule is CNC(=O)CCc1cccc(NC(=O)c2ncc(OC)cc2C)c1. The molecule has 1 aromatic heterocycles. The third-order valence-electron chi connectivity index (χ3n) is 3.61. The van der Waals surface area contributed by atoms with E-state index in [4.69, 9.17) is 4.74 Å². The van der Waals surface area contributed by atoms with E-state index in [0.717, 1.165) is 11.1 Å². The van der Waals surface area contributed by atoms with Crippen molar-refractivity contribution in [3.63, 3.8) is 0 Å². The lowest BCUT2D eigenvalue weighted by Crippen LogP contribution is -2.18. The lowest BCUT2D eigenvalue weighted by Gasteiger charge is -2.09. The third kappa shape index (κ3) is 4.55. The monoisotopic (exact) mass is 327 g/mol. The Kier molecular flexibility index (Phi) is 5.89. The van der Waals surface area contributed by atoms with Crippen LogP contribution in [0.2, 0.25) is 0 Å². The summed E-state index contributed by atoms with van der Waals surface area (Å²) in [5.41, 5.74) is 2.75. The van der Waals surface area contributed by atoms with Gasteiger partial charge in [0.2, 0.25) is 5.91 Å². The van der Waals surface area contributed by atoms with Crippen molar-refractivity contribution >= 4 is 17.5 Å². The standard InChI is InChI=1S/C18H21N3O3/c1-12-9-15(24-3)11-20-17(12)18(23)21-14-6-4-5-13(10-14)7-8-16(22)19-2/h4-6,9-11H,7-8H2,1-3H3,(H,19,22)(H,21,23). The minimum atomic E-state index is -0.279. The van der Waals surface area contributed by atoms with Crippen LogP contribution in [0, 0.1) is 6.92 Å². The number of carbonyl (C=O) groups excluding carboxylic acids is 2. The number of hydrogen-bond acceptors (Lipinski definition) is 4. The molecule has 1 aromatic carbocycles. The number of hydrogen-bond donors (Lipinski definition) is 2. The number of pyridine rings is 1. The Bertz CT molecular complexity index is 744. The first-order valence-electron chi connectivity index (χ1n) is 7.65. The molecule has 0 aliphatic carbocycles. The molecule has 0 fully saturated rings. The van der Waals surface area contributed by atoms with Gasteiger partial charge in [-0.3, -0.25) is 9.59 Å². The number of carbonyl (C=O) groups is 2. The normalized spacial score (nSPS) is 10.1. The number of anilines is 1. The van der Waals surface area contributed by atoms with Crippen molar-refractivity contribution in [2.75, 3.05) is 19.5 Å². The summed E-state index contributed by atoms with van der Waals surface area (Å²) in [6.07, 6.45) is 2.54. The van der Waals surface area contributed by atoms with Crippen LogP contribution in [-0.2, 0) is 11.2 Å². The molecule has 0 unspecified atom stereocenters. The summed E-state index contributed by atoms with van der Waals surface area (Å²) >= 11 is 0. The molecule has 0 bridgehead atoms. The highest BCUT2D eigenvalue weighted by molar-refractivity contribution is 6.03. The van der Waals surface area contributed by atoms with Gasteiger partial charge in [-0.2, -0.15) is 0 Å². The molecule has 24 heavy (non-hydrogen) atoms. The van der Waals surface area contributed by atoms with E-state index < -0.39 is 0 Å². The van der Waals surface area contributed by atoms with Crippen molar-refractivity contribution in [2.24, 2.45) is 0 Å². The molecule has 0 saturated heterocycles. The molecule has 2 amide bonds. The van der Waals surface area contributed by atoms with Gasteiger partial charge in [-0.05, 0) is 42.7 Å². The van der Waals surface area contributed by atoms with E-state index in [9.17, 15) is 9.59 Å². The van der Waals surface area contributed by atoms with Crippen molar-refractivity contribution < 1.29 is 14.3 Å². The minimum absolute atomic E-state index is 0.0116. The van der Waals surface area contributed by atoms with Gasteiger partial charge in [-0.15, -0.1) is 0 Å². The summed E-state index contributed by atoms with van der Waals surface area (Å²) in [5, 5.41) is 5.43. The highest BCUT2D eigenvalue weighted by Crippen LogP contribution is 2.17. The van der Waals surface area contributed by atoms with Crippen molar-refractivity contribution in [3.05, 3.63) is 53.3 Å². The predicted octanol–water partition coefficient (Wildman–Crippen LogP) is 2.33. The van der Waals surface area contributed by atoms with Gasteiger partial charge in [-0.1, -0.05) is 12.1 Å². The lowest BCUT2D eigenvalue weighted by atomic mass is 10.1. The topological polar surface area (TPSA) is 80.3 Å². The molecule has 2 N–H and O–H groups in total. The van der Waals surface area contributed by atoms with Crippen molar-refractivity contribution in [2.45, 2.75) is 19.8 Å². The molecule has 6 heteroatoms. The second-order valence-electron chi connectivity index (χ2n) is 5.37. The number of methoxy groups -OCH3 is 1.